The van der Waals surface area contributed by atoms with Gasteiger partial charge in [0.2, 0.25) is 5.91 Å². The van der Waals surface area contributed by atoms with Gasteiger partial charge in [-0.25, -0.2) is 0 Å². The van der Waals surface area contributed by atoms with Crippen molar-refractivity contribution in [2.75, 3.05) is 20.1 Å². The van der Waals surface area contributed by atoms with E-state index < -0.39 is 5.54 Å². The molecule has 1 N–H and O–H groups in total. The van der Waals surface area contributed by atoms with Crippen LogP contribution in [-0.4, -0.2) is 36.5 Å². The lowest BCUT2D eigenvalue weighted by atomic mass is 9.77. The molecular formula is C14H26N2O. The van der Waals surface area contributed by atoms with Crippen LogP contribution in [0.5, 0.6) is 0 Å². The average molecular weight is 238 g/mol. The van der Waals surface area contributed by atoms with E-state index in [4.69, 9.17) is 0 Å². The van der Waals surface area contributed by atoms with Crippen LogP contribution in [0.3, 0.4) is 0 Å². The van der Waals surface area contributed by atoms with Gasteiger partial charge in [0.25, 0.3) is 0 Å². The van der Waals surface area contributed by atoms with Gasteiger partial charge in [-0.15, -0.1) is 0 Å². The molecule has 17 heavy (non-hydrogen) atoms. The summed E-state index contributed by atoms with van der Waals surface area (Å²) in [6.07, 6.45) is 8.03. The summed E-state index contributed by atoms with van der Waals surface area (Å²) in [6, 6.07) is 0. The Morgan fingerprint density at radius 2 is 1.65 bits per heavy atom. The van der Waals surface area contributed by atoms with E-state index in [1.807, 2.05) is 20.9 Å². The molecule has 2 rings (SSSR count). The fraction of sp³-hybridized carbons (Fsp3) is 0.929. The van der Waals surface area contributed by atoms with E-state index in [0.29, 0.717) is 5.41 Å². The first-order valence-electron chi connectivity index (χ1n) is 6.97. The van der Waals surface area contributed by atoms with Crippen LogP contribution in [0.25, 0.3) is 0 Å². The zero-order valence-electron chi connectivity index (χ0n) is 11.5. The first-order chi connectivity index (χ1) is 7.99. The van der Waals surface area contributed by atoms with Gasteiger partial charge in [-0.1, -0.05) is 12.8 Å². The number of likely N-dealkylation sites (N-methyl/N-ethyl adjacent to an activating group) is 1. The smallest absolute Gasteiger partial charge is 0.242 e. The van der Waals surface area contributed by atoms with Crippen LogP contribution in [0.4, 0.5) is 0 Å². The zero-order valence-corrected chi connectivity index (χ0v) is 11.5. The summed E-state index contributed by atoms with van der Waals surface area (Å²) in [4.78, 5) is 14.4. The summed E-state index contributed by atoms with van der Waals surface area (Å²) in [6.45, 7) is 5.86. The summed E-state index contributed by atoms with van der Waals surface area (Å²) in [5.74, 6) is 0.257. The molecule has 0 aromatic carbocycles. The number of likely N-dealkylation sites (tertiary alicyclic amines) is 1. The highest BCUT2D eigenvalue weighted by Crippen LogP contribution is 2.46. The molecule has 1 spiro atoms. The van der Waals surface area contributed by atoms with Gasteiger partial charge >= 0.3 is 0 Å². The summed E-state index contributed by atoms with van der Waals surface area (Å²) >= 11 is 0. The third kappa shape index (κ3) is 2.49. The van der Waals surface area contributed by atoms with E-state index in [0.717, 1.165) is 13.1 Å². The second-order valence-electron chi connectivity index (χ2n) is 6.37. The van der Waals surface area contributed by atoms with Crippen LogP contribution >= 0.6 is 0 Å². The lowest BCUT2D eigenvalue weighted by molar-refractivity contribution is -0.139. The highest BCUT2D eigenvalue weighted by molar-refractivity contribution is 5.85. The first kappa shape index (κ1) is 12.9. The second-order valence-corrected chi connectivity index (χ2v) is 6.37. The van der Waals surface area contributed by atoms with Crippen molar-refractivity contribution in [3.05, 3.63) is 0 Å². The van der Waals surface area contributed by atoms with Crippen LogP contribution in [-0.2, 0) is 4.79 Å². The molecule has 1 saturated carbocycles. The van der Waals surface area contributed by atoms with Crippen LogP contribution in [0.1, 0.15) is 52.4 Å². The molecule has 2 aliphatic rings. The molecule has 0 bridgehead atoms. The minimum atomic E-state index is -0.416. The van der Waals surface area contributed by atoms with Gasteiger partial charge in [0.05, 0.1) is 5.54 Å². The number of amides is 1. The monoisotopic (exact) mass is 238 g/mol. The SMILES string of the molecule is CNC(C)(C)C(=O)N1CCC2(CCCC2)CC1. The number of hydrogen-bond donors (Lipinski definition) is 1. The van der Waals surface area contributed by atoms with Gasteiger partial charge in [-0.2, -0.15) is 0 Å². The third-order valence-corrected chi connectivity index (χ3v) is 4.94. The summed E-state index contributed by atoms with van der Waals surface area (Å²) in [5, 5.41) is 3.11. The maximum atomic E-state index is 12.3. The number of carbonyl (C=O) groups is 1. The van der Waals surface area contributed by atoms with E-state index in [1.54, 1.807) is 0 Å². The molecule has 0 radical (unpaired) electrons. The molecule has 3 nitrogen and oxygen atoms in total. The van der Waals surface area contributed by atoms with Crippen molar-refractivity contribution in [3.63, 3.8) is 0 Å². The lowest BCUT2D eigenvalue weighted by Crippen LogP contribution is -2.55. The maximum absolute atomic E-state index is 12.3. The third-order valence-electron chi connectivity index (χ3n) is 4.94. The number of carbonyl (C=O) groups excluding carboxylic acids is 1. The molecule has 0 unspecified atom stereocenters. The predicted octanol–water partition coefficient (Wildman–Crippen LogP) is 2.17. The average Bonchev–Trinajstić information content (AvgIpc) is 2.78. The minimum absolute atomic E-state index is 0.257. The van der Waals surface area contributed by atoms with E-state index in [2.05, 4.69) is 10.2 Å². The first-order valence-corrected chi connectivity index (χ1v) is 6.97. The van der Waals surface area contributed by atoms with Crippen molar-refractivity contribution >= 4 is 5.91 Å². The van der Waals surface area contributed by atoms with Crippen molar-refractivity contribution < 1.29 is 4.79 Å². The van der Waals surface area contributed by atoms with Crippen molar-refractivity contribution in [3.8, 4) is 0 Å². The van der Waals surface area contributed by atoms with Gasteiger partial charge in [0.15, 0.2) is 0 Å². The van der Waals surface area contributed by atoms with Crippen molar-refractivity contribution in [2.45, 2.75) is 57.9 Å². The normalized spacial score (nSPS) is 24.3. The molecule has 0 aromatic heterocycles. The van der Waals surface area contributed by atoms with Crippen LogP contribution < -0.4 is 5.32 Å². The second kappa shape index (κ2) is 4.60. The molecule has 2 fully saturated rings. The highest BCUT2D eigenvalue weighted by atomic mass is 16.2. The molecular weight excluding hydrogens is 212 g/mol. The van der Waals surface area contributed by atoms with Crippen LogP contribution in [0.15, 0.2) is 0 Å². The lowest BCUT2D eigenvalue weighted by Gasteiger charge is -2.42. The Hall–Kier alpha value is -0.570. The summed E-state index contributed by atoms with van der Waals surface area (Å²) in [5.41, 5.74) is 0.181. The minimum Gasteiger partial charge on any atom is -0.341 e. The largest absolute Gasteiger partial charge is 0.341 e. The molecule has 1 saturated heterocycles. The van der Waals surface area contributed by atoms with Gasteiger partial charge in [-0.05, 0) is 52.0 Å². The van der Waals surface area contributed by atoms with Gasteiger partial charge in [0, 0.05) is 13.1 Å². The molecule has 98 valence electrons. The zero-order chi connectivity index (χ0) is 12.5. The number of nitrogens with one attached hydrogen (secondary N) is 1. The Morgan fingerprint density at radius 3 is 2.12 bits per heavy atom. The Balaban J connectivity index is 1.93. The van der Waals surface area contributed by atoms with Gasteiger partial charge in [0.1, 0.15) is 0 Å². The van der Waals surface area contributed by atoms with Gasteiger partial charge in [-0.3, -0.25) is 4.79 Å². The van der Waals surface area contributed by atoms with E-state index in [9.17, 15) is 4.79 Å². The van der Waals surface area contributed by atoms with E-state index >= 15 is 0 Å². The number of hydrogen-bond acceptors (Lipinski definition) is 2. The Labute approximate surface area is 105 Å². The van der Waals surface area contributed by atoms with Crippen molar-refractivity contribution in [2.24, 2.45) is 5.41 Å². The molecule has 1 amide bonds. The van der Waals surface area contributed by atoms with E-state index in [-0.39, 0.29) is 5.91 Å². The Morgan fingerprint density at radius 1 is 1.12 bits per heavy atom. The highest BCUT2D eigenvalue weighted by Gasteiger charge is 2.40. The summed E-state index contributed by atoms with van der Waals surface area (Å²) < 4.78 is 0. The number of nitrogens with zero attached hydrogens (tertiary/aromatic N) is 1. The molecule has 0 aromatic rings. The quantitative estimate of drug-likeness (QED) is 0.799. The predicted molar refractivity (Wildman–Crippen MR) is 69.9 cm³/mol. The maximum Gasteiger partial charge on any atom is 0.242 e. The topological polar surface area (TPSA) is 32.3 Å². The number of piperidine rings is 1. The van der Waals surface area contributed by atoms with Crippen molar-refractivity contribution in [1.29, 1.82) is 0 Å². The fourth-order valence-corrected chi connectivity index (χ4v) is 3.31. The van der Waals surface area contributed by atoms with Crippen molar-refractivity contribution in [1.82, 2.24) is 10.2 Å². The standard InChI is InChI=1S/C14H26N2O/c1-13(2,15-3)12(17)16-10-8-14(9-11-16)6-4-5-7-14/h15H,4-11H2,1-3H3. The van der Waals surface area contributed by atoms with Gasteiger partial charge < -0.3 is 10.2 Å². The molecule has 3 heteroatoms. The Bertz CT molecular complexity index is 283. The molecule has 1 heterocycles. The number of rotatable bonds is 2. The van der Waals surface area contributed by atoms with Crippen LogP contribution in [0.2, 0.25) is 0 Å². The summed E-state index contributed by atoms with van der Waals surface area (Å²) in [7, 11) is 1.86. The molecule has 1 aliphatic carbocycles. The van der Waals surface area contributed by atoms with E-state index in [1.165, 1.54) is 38.5 Å². The van der Waals surface area contributed by atoms with Crippen LogP contribution in [0, 0.1) is 5.41 Å². The fourth-order valence-electron chi connectivity index (χ4n) is 3.31. The molecule has 0 atom stereocenters. The Kier molecular flexibility index (Phi) is 3.48. The molecule has 1 aliphatic heterocycles.